The Kier molecular flexibility index (Phi) is 12.1. The molecule has 0 bridgehead atoms. The van der Waals surface area contributed by atoms with Gasteiger partial charge in [-0.15, -0.1) is 0 Å². The predicted octanol–water partition coefficient (Wildman–Crippen LogP) is 9.52. The van der Waals surface area contributed by atoms with Gasteiger partial charge in [-0.05, 0) is 116 Å². The highest BCUT2D eigenvalue weighted by molar-refractivity contribution is 5.67. The number of hydrogen-bond acceptors (Lipinski definition) is 2. The minimum atomic E-state index is -0.184. The number of ether oxygens (including phenoxy) is 2. The van der Waals surface area contributed by atoms with Crippen LogP contribution in [-0.4, -0.2) is 14.2 Å². The van der Waals surface area contributed by atoms with Crippen LogP contribution in [0.25, 0.3) is 11.1 Å². The lowest BCUT2D eigenvalue weighted by Crippen LogP contribution is -1.93. The maximum Gasteiger partial charge on any atom is 0.126 e. The van der Waals surface area contributed by atoms with E-state index < -0.39 is 0 Å². The van der Waals surface area contributed by atoms with E-state index in [1.165, 1.54) is 23.8 Å². The first-order valence-corrected chi connectivity index (χ1v) is 13.0. The molecule has 208 valence electrons. The van der Waals surface area contributed by atoms with Crippen LogP contribution in [-0.2, 0) is 12.8 Å². The van der Waals surface area contributed by atoms with Crippen LogP contribution in [0.2, 0.25) is 0 Å². The molecule has 5 heteroatoms. The lowest BCUT2D eigenvalue weighted by Gasteiger charge is -2.07. The summed E-state index contributed by atoms with van der Waals surface area (Å²) in [6, 6.07) is 19.6. The van der Waals surface area contributed by atoms with Crippen LogP contribution >= 0.6 is 0 Å². The van der Waals surface area contributed by atoms with Crippen molar-refractivity contribution in [2.24, 2.45) is 0 Å². The van der Waals surface area contributed by atoms with E-state index in [1.807, 2.05) is 71.9 Å². The number of rotatable bonds is 5. The van der Waals surface area contributed by atoms with Crippen LogP contribution in [0.4, 0.5) is 13.2 Å². The summed E-state index contributed by atoms with van der Waals surface area (Å²) in [5.74, 6) is 1.05. The Balaban J connectivity index is 0.000000207. The van der Waals surface area contributed by atoms with Crippen LogP contribution in [0.5, 0.6) is 11.5 Å². The summed E-state index contributed by atoms with van der Waals surface area (Å²) in [7, 11) is 3.19. The SMILES string of the molecule is CCc1cc(OC)c(C)cc1[18F].CCc1cc(OC)c(C)cc1[18F].Cc1ccc(-c2cc([18F])ccc2C)cc1. The lowest BCUT2D eigenvalue weighted by molar-refractivity contribution is 0.409. The normalized spacial score (nSPS) is 10.1. The quantitative estimate of drug-likeness (QED) is 0.254. The van der Waals surface area contributed by atoms with E-state index >= 15 is 0 Å². The fraction of sp³-hybridized carbons (Fsp3) is 0.294. The third-order valence-electron chi connectivity index (χ3n) is 6.45. The van der Waals surface area contributed by atoms with Gasteiger partial charge in [0.15, 0.2) is 0 Å². The Morgan fingerprint density at radius 3 is 1.44 bits per heavy atom. The van der Waals surface area contributed by atoms with Gasteiger partial charge in [0.2, 0.25) is 0 Å². The van der Waals surface area contributed by atoms with Crippen LogP contribution < -0.4 is 9.47 Å². The third kappa shape index (κ3) is 8.91. The molecule has 2 nitrogen and oxygen atoms in total. The lowest BCUT2D eigenvalue weighted by atomic mass is 10.00. The van der Waals surface area contributed by atoms with E-state index in [0.717, 1.165) is 39.3 Å². The molecule has 0 aliphatic heterocycles. The first-order chi connectivity index (χ1) is 18.5. The maximum atomic E-state index is 13.1. The molecule has 4 rings (SSSR count). The minimum absolute atomic E-state index is 0.143. The zero-order chi connectivity index (χ0) is 29.1. The Morgan fingerprint density at radius 1 is 0.564 bits per heavy atom. The van der Waals surface area contributed by atoms with Crippen LogP contribution in [0.15, 0.2) is 66.7 Å². The van der Waals surface area contributed by atoms with Crippen molar-refractivity contribution in [3.63, 3.8) is 0 Å². The second-order valence-corrected chi connectivity index (χ2v) is 9.36. The number of benzene rings is 4. The topological polar surface area (TPSA) is 18.5 Å². The minimum Gasteiger partial charge on any atom is -0.496 e. The zero-order valence-electron chi connectivity index (χ0n) is 24.2. The van der Waals surface area contributed by atoms with E-state index in [-0.39, 0.29) is 17.5 Å². The second-order valence-electron chi connectivity index (χ2n) is 9.36. The molecule has 39 heavy (non-hydrogen) atoms. The average Bonchev–Trinajstić information content (AvgIpc) is 2.92. The molecule has 4 aromatic carbocycles. The highest BCUT2D eigenvalue weighted by Gasteiger charge is 2.06. The first-order valence-electron chi connectivity index (χ1n) is 13.0. The third-order valence-corrected chi connectivity index (χ3v) is 6.45. The first kappa shape index (κ1) is 31.5. The molecule has 4 aromatic rings. The van der Waals surface area contributed by atoms with E-state index in [0.29, 0.717) is 24.0 Å². The predicted molar refractivity (Wildman–Crippen MR) is 155 cm³/mol. The van der Waals surface area contributed by atoms with Crippen molar-refractivity contribution in [3.05, 3.63) is 118 Å². The fourth-order valence-corrected chi connectivity index (χ4v) is 4.01. The van der Waals surface area contributed by atoms with Gasteiger partial charge < -0.3 is 9.47 Å². The Bertz CT molecular complexity index is 1250. The number of hydrogen-bond donors (Lipinski definition) is 0. The van der Waals surface area contributed by atoms with Gasteiger partial charge in [0, 0.05) is 0 Å². The van der Waals surface area contributed by atoms with E-state index in [9.17, 15) is 13.2 Å². The smallest absolute Gasteiger partial charge is 0.126 e. The molecule has 0 fully saturated rings. The summed E-state index contributed by atoms with van der Waals surface area (Å²) >= 11 is 0. The van der Waals surface area contributed by atoms with Gasteiger partial charge in [0.05, 0.1) is 14.2 Å². The molecule has 0 aromatic heterocycles. The van der Waals surface area contributed by atoms with Crippen molar-refractivity contribution >= 4 is 0 Å². The van der Waals surface area contributed by atoms with E-state index in [1.54, 1.807) is 32.4 Å². The standard InChI is InChI=1S/C14H13F.2C10H13FO/c1-10-3-6-12(7-4-10)14-9-13(15)8-5-11(14)2;2*1-4-8-6-10(12-3)7(2)5-9(8)11/h3-9H,1-2H3;2*5-6H,4H2,1-3H3/i15-1;2*11-1. The van der Waals surface area contributed by atoms with Gasteiger partial charge in [0.1, 0.15) is 29.0 Å². The van der Waals surface area contributed by atoms with Gasteiger partial charge in [-0.3, -0.25) is 0 Å². The second kappa shape index (κ2) is 15.0. The summed E-state index contributed by atoms with van der Waals surface area (Å²) in [6.07, 6.45) is 1.39. The molecular formula is C34H39F3O2. The monoisotopic (exact) mass is 533 g/mol. The highest BCUT2D eigenvalue weighted by Crippen LogP contribution is 2.25. The molecule has 0 radical (unpaired) electrons. The highest BCUT2D eigenvalue weighted by atomic mass is 18.2. The molecule has 0 N–H and O–H groups in total. The molecule has 0 unspecified atom stereocenters. The maximum absolute atomic E-state index is 13.1. The largest absolute Gasteiger partial charge is 0.496 e. The molecular weight excluding hydrogens is 494 g/mol. The number of aryl methyl sites for hydroxylation is 6. The van der Waals surface area contributed by atoms with Crippen molar-refractivity contribution in [1.82, 2.24) is 0 Å². The molecule has 0 spiro atoms. The van der Waals surface area contributed by atoms with Crippen LogP contribution in [0.1, 0.15) is 47.2 Å². The Morgan fingerprint density at radius 2 is 1.03 bits per heavy atom. The van der Waals surface area contributed by atoms with Crippen LogP contribution in [0, 0.1) is 45.1 Å². The Labute approximate surface area is 231 Å². The molecule has 0 atom stereocenters. The Hall–Kier alpha value is -3.73. The van der Waals surface area contributed by atoms with Crippen molar-refractivity contribution in [2.75, 3.05) is 14.2 Å². The van der Waals surface area contributed by atoms with Crippen molar-refractivity contribution in [2.45, 2.75) is 54.4 Å². The number of halogens is 3. The number of methoxy groups -OCH3 is 2. The van der Waals surface area contributed by atoms with Gasteiger partial charge in [0.25, 0.3) is 0 Å². The molecule has 0 aliphatic carbocycles. The summed E-state index contributed by atoms with van der Waals surface area (Å²) in [5.41, 5.74) is 7.44. The molecule has 0 saturated heterocycles. The summed E-state index contributed by atoms with van der Waals surface area (Å²) in [5, 5.41) is 0. The molecule has 0 aliphatic rings. The summed E-state index contributed by atoms with van der Waals surface area (Å²) in [6.45, 7) is 11.6. The summed E-state index contributed by atoms with van der Waals surface area (Å²) < 4.78 is 49.5. The zero-order valence-corrected chi connectivity index (χ0v) is 24.2. The molecule has 0 amide bonds. The van der Waals surface area contributed by atoms with Gasteiger partial charge in [-0.25, -0.2) is 13.2 Å². The van der Waals surface area contributed by atoms with Crippen molar-refractivity contribution < 1.29 is 22.6 Å². The average molecular weight is 534 g/mol. The summed E-state index contributed by atoms with van der Waals surface area (Å²) in [4.78, 5) is 0. The molecule has 0 saturated carbocycles. The van der Waals surface area contributed by atoms with Crippen molar-refractivity contribution in [1.29, 1.82) is 0 Å². The van der Waals surface area contributed by atoms with Crippen LogP contribution in [0.3, 0.4) is 0 Å². The van der Waals surface area contributed by atoms with Gasteiger partial charge in [-0.2, -0.15) is 0 Å². The van der Waals surface area contributed by atoms with E-state index in [2.05, 4.69) is 0 Å². The fourth-order valence-electron chi connectivity index (χ4n) is 4.01. The van der Waals surface area contributed by atoms with Gasteiger partial charge >= 0.3 is 0 Å². The van der Waals surface area contributed by atoms with E-state index in [4.69, 9.17) is 9.47 Å². The van der Waals surface area contributed by atoms with Crippen molar-refractivity contribution in [3.8, 4) is 22.6 Å². The van der Waals surface area contributed by atoms with Gasteiger partial charge in [-0.1, -0.05) is 49.7 Å². The molecule has 0 heterocycles.